The van der Waals surface area contributed by atoms with Crippen LogP contribution in [0.4, 0.5) is 0 Å². The van der Waals surface area contributed by atoms with Crippen LogP contribution in [0.2, 0.25) is 0 Å². The van der Waals surface area contributed by atoms with Gasteiger partial charge in [-0.3, -0.25) is 4.79 Å². The Bertz CT molecular complexity index is 653. The van der Waals surface area contributed by atoms with Gasteiger partial charge in [-0.15, -0.1) is 0 Å². The minimum atomic E-state index is -3.22. The molecule has 0 heterocycles. The molecule has 0 bridgehead atoms. The van der Waals surface area contributed by atoms with Crippen molar-refractivity contribution in [3.8, 4) is 0 Å². The Labute approximate surface area is 150 Å². The minimum Gasteiger partial charge on any atom is -0.348 e. The van der Waals surface area contributed by atoms with Crippen molar-refractivity contribution in [1.82, 2.24) is 10.0 Å². The molecule has 2 rings (SSSR count). The Morgan fingerprint density at radius 3 is 2.40 bits per heavy atom. The molecule has 0 radical (unpaired) electrons. The lowest BCUT2D eigenvalue weighted by atomic mass is 9.84. The number of nitrogens with two attached hydrogens (primary N) is 1. The van der Waals surface area contributed by atoms with Crippen LogP contribution in [0.1, 0.15) is 54.9 Å². The van der Waals surface area contributed by atoms with Gasteiger partial charge in [0.2, 0.25) is 10.0 Å². The summed E-state index contributed by atoms with van der Waals surface area (Å²) in [6.07, 6.45) is 5.93. The number of nitrogens with one attached hydrogen (secondary N) is 2. The van der Waals surface area contributed by atoms with E-state index in [2.05, 4.69) is 10.0 Å². The molecule has 0 saturated heterocycles. The zero-order valence-electron chi connectivity index (χ0n) is 14.8. The monoisotopic (exact) mass is 367 g/mol. The Morgan fingerprint density at radius 2 is 1.84 bits per heavy atom. The average Bonchev–Trinajstić information content (AvgIpc) is 2.65. The molecule has 1 saturated carbocycles. The molecule has 4 N–H and O–H groups in total. The van der Waals surface area contributed by atoms with Crippen molar-refractivity contribution >= 4 is 15.9 Å². The normalized spacial score (nSPS) is 17.2. The van der Waals surface area contributed by atoms with Crippen LogP contribution in [-0.4, -0.2) is 32.7 Å². The Morgan fingerprint density at radius 1 is 1.20 bits per heavy atom. The third-order valence-corrected chi connectivity index (χ3v) is 6.23. The maximum Gasteiger partial charge on any atom is 0.251 e. The van der Waals surface area contributed by atoms with E-state index in [9.17, 15) is 13.2 Å². The summed E-state index contributed by atoms with van der Waals surface area (Å²) in [6.45, 7) is 2.27. The molecule has 1 unspecified atom stereocenters. The molecular formula is C18H29N3O3S. The Hall–Kier alpha value is -1.44. The molecule has 1 aliphatic carbocycles. The highest BCUT2D eigenvalue weighted by atomic mass is 32.2. The smallest absolute Gasteiger partial charge is 0.251 e. The second kappa shape index (κ2) is 9.31. The van der Waals surface area contributed by atoms with Gasteiger partial charge in [0, 0.05) is 24.7 Å². The van der Waals surface area contributed by atoms with Crippen LogP contribution in [0.3, 0.4) is 0 Å². The molecule has 1 amide bonds. The molecule has 1 fully saturated rings. The molecule has 25 heavy (non-hydrogen) atoms. The summed E-state index contributed by atoms with van der Waals surface area (Å²) >= 11 is 0. The van der Waals surface area contributed by atoms with E-state index in [-0.39, 0.29) is 24.2 Å². The van der Waals surface area contributed by atoms with Crippen LogP contribution < -0.4 is 15.8 Å². The highest BCUT2D eigenvalue weighted by molar-refractivity contribution is 7.89. The number of rotatable bonds is 8. The molecule has 1 aliphatic rings. The van der Waals surface area contributed by atoms with E-state index in [1.165, 1.54) is 19.3 Å². The predicted octanol–water partition coefficient (Wildman–Crippen LogP) is 1.76. The third kappa shape index (κ3) is 6.09. The van der Waals surface area contributed by atoms with Crippen molar-refractivity contribution in [1.29, 1.82) is 0 Å². The zero-order valence-corrected chi connectivity index (χ0v) is 15.6. The number of benzene rings is 1. The topological polar surface area (TPSA) is 101 Å². The first-order chi connectivity index (χ1) is 11.9. The van der Waals surface area contributed by atoms with Crippen LogP contribution in [0.15, 0.2) is 24.3 Å². The second-order valence-corrected chi connectivity index (χ2v) is 8.73. The van der Waals surface area contributed by atoms with E-state index in [0.29, 0.717) is 18.0 Å². The van der Waals surface area contributed by atoms with Gasteiger partial charge in [0.25, 0.3) is 5.91 Å². The number of amides is 1. The lowest BCUT2D eigenvalue weighted by molar-refractivity contribution is 0.0915. The number of carbonyl (C=O) groups is 1. The van der Waals surface area contributed by atoms with Crippen LogP contribution in [0, 0.1) is 5.92 Å². The summed E-state index contributed by atoms with van der Waals surface area (Å²) < 4.78 is 25.4. The molecule has 0 aromatic heterocycles. The van der Waals surface area contributed by atoms with Gasteiger partial charge in [0.15, 0.2) is 0 Å². The number of carbonyl (C=O) groups excluding carboxylic acids is 1. The molecule has 140 valence electrons. The SMILES string of the molecule is CCS(=O)(=O)NCc1ccc(C(=O)NC(CN)C2CCCCC2)cc1. The largest absolute Gasteiger partial charge is 0.348 e. The van der Waals surface area contributed by atoms with Gasteiger partial charge in [-0.1, -0.05) is 31.4 Å². The Kier molecular flexibility index (Phi) is 7.40. The summed E-state index contributed by atoms with van der Waals surface area (Å²) in [7, 11) is -3.22. The maximum atomic E-state index is 12.5. The lowest BCUT2D eigenvalue weighted by Crippen LogP contribution is -2.45. The van der Waals surface area contributed by atoms with Crippen molar-refractivity contribution in [3.05, 3.63) is 35.4 Å². The van der Waals surface area contributed by atoms with Crippen LogP contribution in [0.5, 0.6) is 0 Å². The third-order valence-electron chi connectivity index (χ3n) is 4.88. The summed E-state index contributed by atoms with van der Waals surface area (Å²) in [4.78, 5) is 12.5. The standard InChI is InChI=1S/C18H29N3O3S/c1-2-25(23,24)20-13-14-8-10-16(11-9-14)18(22)21-17(12-19)15-6-4-3-5-7-15/h8-11,15,17,20H,2-7,12-13,19H2,1H3,(H,21,22). The summed E-state index contributed by atoms with van der Waals surface area (Å²) in [6, 6.07) is 7.00. The molecule has 1 atom stereocenters. The van der Waals surface area contributed by atoms with Crippen LogP contribution in [-0.2, 0) is 16.6 Å². The van der Waals surface area contributed by atoms with E-state index in [0.717, 1.165) is 18.4 Å². The van der Waals surface area contributed by atoms with Gasteiger partial charge >= 0.3 is 0 Å². The van der Waals surface area contributed by atoms with Gasteiger partial charge < -0.3 is 11.1 Å². The Balaban J connectivity index is 1.92. The first kappa shape index (κ1) is 19.9. The molecule has 7 heteroatoms. The first-order valence-electron chi connectivity index (χ1n) is 9.02. The van der Waals surface area contributed by atoms with Crippen molar-refractivity contribution in [3.63, 3.8) is 0 Å². The first-order valence-corrected chi connectivity index (χ1v) is 10.7. The second-order valence-electron chi connectivity index (χ2n) is 6.64. The van der Waals surface area contributed by atoms with Crippen molar-refractivity contribution in [2.24, 2.45) is 11.7 Å². The number of sulfonamides is 1. The number of hydrogen-bond acceptors (Lipinski definition) is 4. The van der Waals surface area contributed by atoms with Gasteiger partial charge in [-0.05, 0) is 43.4 Å². The van der Waals surface area contributed by atoms with Crippen molar-refractivity contribution in [2.75, 3.05) is 12.3 Å². The molecular weight excluding hydrogens is 338 g/mol. The zero-order chi connectivity index (χ0) is 18.3. The highest BCUT2D eigenvalue weighted by Crippen LogP contribution is 2.26. The van der Waals surface area contributed by atoms with Crippen LogP contribution >= 0.6 is 0 Å². The fourth-order valence-corrected chi connectivity index (χ4v) is 3.82. The van der Waals surface area contributed by atoms with Crippen LogP contribution in [0.25, 0.3) is 0 Å². The van der Waals surface area contributed by atoms with Gasteiger partial charge in [0.05, 0.1) is 5.75 Å². The summed E-state index contributed by atoms with van der Waals surface area (Å²) in [5.41, 5.74) is 7.25. The van der Waals surface area contributed by atoms with E-state index in [1.54, 1.807) is 31.2 Å². The predicted molar refractivity (Wildman–Crippen MR) is 99.6 cm³/mol. The van der Waals surface area contributed by atoms with E-state index in [4.69, 9.17) is 5.73 Å². The highest BCUT2D eigenvalue weighted by Gasteiger charge is 2.24. The van der Waals surface area contributed by atoms with Crippen molar-refractivity contribution < 1.29 is 13.2 Å². The van der Waals surface area contributed by atoms with Crippen molar-refractivity contribution in [2.45, 2.75) is 51.6 Å². The molecule has 0 aliphatic heterocycles. The quantitative estimate of drug-likeness (QED) is 0.652. The molecule has 1 aromatic carbocycles. The fourth-order valence-electron chi connectivity index (χ4n) is 3.23. The van der Waals surface area contributed by atoms with E-state index < -0.39 is 10.0 Å². The molecule has 6 nitrogen and oxygen atoms in total. The maximum absolute atomic E-state index is 12.5. The number of hydrogen-bond donors (Lipinski definition) is 3. The van der Waals surface area contributed by atoms with E-state index >= 15 is 0 Å². The summed E-state index contributed by atoms with van der Waals surface area (Å²) in [5, 5.41) is 3.06. The summed E-state index contributed by atoms with van der Waals surface area (Å²) in [5.74, 6) is 0.391. The van der Waals surface area contributed by atoms with Gasteiger partial charge in [0.1, 0.15) is 0 Å². The minimum absolute atomic E-state index is 0.0174. The fraction of sp³-hybridized carbons (Fsp3) is 0.611. The molecule has 1 aromatic rings. The lowest BCUT2D eigenvalue weighted by Gasteiger charge is -2.30. The van der Waals surface area contributed by atoms with E-state index in [1.807, 2.05) is 0 Å². The average molecular weight is 368 g/mol. The van der Waals surface area contributed by atoms with Gasteiger partial charge in [-0.2, -0.15) is 0 Å². The van der Waals surface area contributed by atoms with Gasteiger partial charge in [-0.25, -0.2) is 13.1 Å². The molecule has 0 spiro atoms.